The second-order valence-electron chi connectivity index (χ2n) is 8.72. The summed E-state index contributed by atoms with van der Waals surface area (Å²) < 4.78 is 5.30. The molecule has 146 valence electrons. The van der Waals surface area contributed by atoms with E-state index in [1.165, 1.54) is 5.56 Å². The van der Waals surface area contributed by atoms with Crippen molar-refractivity contribution in [2.45, 2.75) is 58.0 Å². The van der Waals surface area contributed by atoms with Crippen LogP contribution in [0, 0.1) is 10.8 Å². The van der Waals surface area contributed by atoms with E-state index in [1.807, 2.05) is 25.1 Å². The zero-order valence-electron chi connectivity index (χ0n) is 16.4. The van der Waals surface area contributed by atoms with Crippen LogP contribution in [0.2, 0.25) is 0 Å². The molecule has 3 fully saturated rings. The Labute approximate surface area is 161 Å². The Morgan fingerprint density at radius 2 is 1.96 bits per heavy atom. The lowest BCUT2D eigenvalue weighted by molar-refractivity contribution is -0.170. The van der Waals surface area contributed by atoms with Crippen molar-refractivity contribution in [3.05, 3.63) is 35.9 Å². The first-order valence-electron chi connectivity index (χ1n) is 10.2. The maximum absolute atomic E-state index is 13.2. The Morgan fingerprint density at radius 1 is 1.22 bits per heavy atom. The zero-order valence-corrected chi connectivity index (χ0v) is 16.4. The van der Waals surface area contributed by atoms with E-state index in [0.29, 0.717) is 19.8 Å². The summed E-state index contributed by atoms with van der Waals surface area (Å²) in [5, 5.41) is 3.17. The number of benzene rings is 1. The molecule has 3 heterocycles. The van der Waals surface area contributed by atoms with Gasteiger partial charge >= 0.3 is 0 Å². The minimum atomic E-state index is -0.434. The van der Waals surface area contributed by atoms with Crippen molar-refractivity contribution >= 4 is 11.8 Å². The molecule has 5 heteroatoms. The van der Waals surface area contributed by atoms with Gasteiger partial charge in [-0.25, -0.2) is 0 Å². The van der Waals surface area contributed by atoms with Gasteiger partial charge in [-0.05, 0) is 44.6 Å². The maximum atomic E-state index is 13.2. The highest BCUT2D eigenvalue weighted by Gasteiger charge is 2.62. The molecule has 1 aromatic carbocycles. The molecule has 2 bridgehead atoms. The molecule has 0 radical (unpaired) electrons. The molecule has 1 aromatic rings. The van der Waals surface area contributed by atoms with Crippen LogP contribution in [0.1, 0.15) is 45.1 Å². The third-order valence-corrected chi connectivity index (χ3v) is 6.96. The van der Waals surface area contributed by atoms with Crippen LogP contribution in [0.4, 0.5) is 0 Å². The minimum Gasteiger partial charge on any atom is -0.379 e. The molecule has 0 aromatic heterocycles. The smallest absolute Gasteiger partial charge is 0.233 e. The SMILES string of the molecule is CC[C@@]1(C(=O)NCCc2ccccc2)C[C@@H]2CC[C@H]1N2C(=O)C1(C)COC1. The van der Waals surface area contributed by atoms with Gasteiger partial charge in [-0.1, -0.05) is 37.3 Å². The first-order valence-corrected chi connectivity index (χ1v) is 10.2. The molecule has 3 atom stereocenters. The second kappa shape index (κ2) is 6.93. The van der Waals surface area contributed by atoms with Crippen molar-refractivity contribution in [2.75, 3.05) is 19.8 Å². The van der Waals surface area contributed by atoms with Crippen LogP contribution in [0.15, 0.2) is 30.3 Å². The summed E-state index contributed by atoms with van der Waals surface area (Å²) in [5.74, 6) is 0.314. The Bertz CT molecular complexity index is 716. The number of nitrogens with one attached hydrogen (secondary N) is 1. The average Bonchev–Trinajstić information content (AvgIpc) is 3.22. The molecule has 3 saturated heterocycles. The van der Waals surface area contributed by atoms with E-state index in [4.69, 9.17) is 4.74 Å². The number of ether oxygens (including phenoxy) is 1. The lowest BCUT2D eigenvalue weighted by Gasteiger charge is -2.42. The summed E-state index contributed by atoms with van der Waals surface area (Å²) in [4.78, 5) is 28.4. The van der Waals surface area contributed by atoms with Gasteiger partial charge in [0.1, 0.15) is 0 Å². The normalized spacial score (nSPS) is 30.8. The molecule has 0 spiro atoms. The largest absolute Gasteiger partial charge is 0.379 e. The van der Waals surface area contributed by atoms with Gasteiger partial charge in [0.15, 0.2) is 0 Å². The number of amides is 2. The van der Waals surface area contributed by atoms with Gasteiger partial charge in [0.25, 0.3) is 0 Å². The van der Waals surface area contributed by atoms with E-state index in [0.717, 1.165) is 32.1 Å². The van der Waals surface area contributed by atoms with Crippen molar-refractivity contribution in [2.24, 2.45) is 10.8 Å². The van der Waals surface area contributed by atoms with Crippen LogP contribution in [0.3, 0.4) is 0 Å². The molecule has 3 aliphatic heterocycles. The van der Waals surface area contributed by atoms with Gasteiger partial charge in [-0.2, -0.15) is 0 Å². The number of carbonyl (C=O) groups excluding carboxylic acids is 2. The number of carbonyl (C=O) groups is 2. The standard InChI is InChI=1S/C22H30N2O3/c1-3-22(19(25)23-12-11-16-7-5-4-6-8-16)13-17-9-10-18(22)24(17)20(26)21(2)14-27-15-21/h4-8,17-18H,3,9-15H2,1-2H3,(H,23,25)/t17-,18+,22+/m0/s1. The number of hydrogen-bond donors (Lipinski definition) is 1. The molecule has 3 aliphatic rings. The van der Waals surface area contributed by atoms with Gasteiger partial charge < -0.3 is 15.0 Å². The maximum Gasteiger partial charge on any atom is 0.233 e. The molecule has 4 rings (SSSR count). The van der Waals surface area contributed by atoms with Gasteiger partial charge in [0, 0.05) is 18.6 Å². The highest BCUT2D eigenvalue weighted by atomic mass is 16.5. The second-order valence-corrected chi connectivity index (χ2v) is 8.72. The predicted octanol–water partition coefficient (Wildman–Crippen LogP) is 2.54. The quantitative estimate of drug-likeness (QED) is 0.837. The summed E-state index contributed by atoms with van der Waals surface area (Å²) in [6, 6.07) is 10.5. The predicted molar refractivity (Wildman–Crippen MR) is 103 cm³/mol. The Balaban J connectivity index is 1.44. The van der Waals surface area contributed by atoms with Crippen molar-refractivity contribution in [1.29, 1.82) is 0 Å². The van der Waals surface area contributed by atoms with Crippen LogP contribution < -0.4 is 5.32 Å². The topological polar surface area (TPSA) is 58.6 Å². The van der Waals surface area contributed by atoms with E-state index in [1.54, 1.807) is 0 Å². The monoisotopic (exact) mass is 370 g/mol. The molecule has 0 unspecified atom stereocenters. The lowest BCUT2D eigenvalue weighted by atomic mass is 9.71. The van der Waals surface area contributed by atoms with E-state index in [-0.39, 0.29) is 23.9 Å². The van der Waals surface area contributed by atoms with E-state index in [2.05, 4.69) is 29.3 Å². The fourth-order valence-electron chi connectivity index (χ4n) is 5.26. The molecule has 27 heavy (non-hydrogen) atoms. The van der Waals surface area contributed by atoms with Crippen LogP contribution in [0.5, 0.6) is 0 Å². The number of hydrogen-bond acceptors (Lipinski definition) is 3. The first kappa shape index (κ1) is 18.5. The Kier molecular flexibility index (Phi) is 4.75. The van der Waals surface area contributed by atoms with Gasteiger partial charge in [0.05, 0.1) is 24.0 Å². The Morgan fingerprint density at radius 3 is 2.59 bits per heavy atom. The summed E-state index contributed by atoms with van der Waals surface area (Å²) >= 11 is 0. The van der Waals surface area contributed by atoms with Crippen molar-refractivity contribution in [1.82, 2.24) is 10.2 Å². The molecule has 2 amide bonds. The van der Waals surface area contributed by atoms with E-state index in [9.17, 15) is 9.59 Å². The lowest BCUT2D eigenvalue weighted by Crippen LogP contribution is -2.56. The molecule has 1 N–H and O–H groups in total. The summed E-state index contributed by atoms with van der Waals surface area (Å²) in [7, 11) is 0. The van der Waals surface area contributed by atoms with Gasteiger partial charge in [-0.3, -0.25) is 9.59 Å². The van der Waals surface area contributed by atoms with Crippen LogP contribution in [-0.4, -0.2) is 48.6 Å². The molecule has 0 aliphatic carbocycles. The van der Waals surface area contributed by atoms with Crippen LogP contribution in [-0.2, 0) is 20.7 Å². The fraction of sp³-hybridized carbons (Fsp3) is 0.636. The first-order chi connectivity index (χ1) is 13.0. The van der Waals surface area contributed by atoms with Crippen LogP contribution in [0.25, 0.3) is 0 Å². The summed E-state index contributed by atoms with van der Waals surface area (Å²) in [6.45, 7) is 5.73. The number of fused-ring (bicyclic) bond motifs is 2. The Hall–Kier alpha value is -1.88. The van der Waals surface area contributed by atoms with Crippen LogP contribution >= 0.6 is 0 Å². The molecule has 0 saturated carbocycles. The average molecular weight is 370 g/mol. The summed E-state index contributed by atoms with van der Waals surface area (Å²) in [6.07, 6.45) is 4.37. The van der Waals surface area contributed by atoms with E-state index >= 15 is 0 Å². The summed E-state index contributed by atoms with van der Waals surface area (Å²) in [5.41, 5.74) is 0.399. The van der Waals surface area contributed by atoms with Gasteiger partial charge in [-0.15, -0.1) is 0 Å². The third kappa shape index (κ3) is 2.96. The fourth-order valence-corrected chi connectivity index (χ4v) is 5.26. The minimum absolute atomic E-state index is 0.0363. The zero-order chi connectivity index (χ0) is 19.1. The highest BCUT2D eigenvalue weighted by molar-refractivity contribution is 5.89. The highest BCUT2D eigenvalue weighted by Crippen LogP contribution is 2.53. The van der Waals surface area contributed by atoms with Crippen molar-refractivity contribution in [3.8, 4) is 0 Å². The molecule has 5 nitrogen and oxygen atoms in total. The molecular weight excluding hydrogens is 340 g/mol. The molecular formula is C22H30N2O3. The number of nitrogens with zero attached hydrogens (tertiary/aromatic N) is 1. The van der Waals surface area contributed by atoms with E-state index < -0.39 is 10.8 Å². The van der Waals surface area contributed by atoms with Crippen molar-refractivity contribution < 1.29 is 14.3 Å². The van der Waals surface area contributed by atoms with Crippen molar-refractivity contribution in [3.63, 3.8) is 0 Å². The van der Waals surface area contributed by atoms with Gasteiger partial charge in [0.2, 0.25) is 11.8 Å². The third-order valence-electron chi connectivity index (χ3n) is 6.96. The number of rotatable bonds is 6.